The van der Waals surface area contributed by atoms with Crippen molar-refractivity contribution in [2.75, 3.05) is 13.1 Å². The van der Waals surface area contributed by atoms with Gasteiger partial charge in [-0.1, -0.05) is 0 Å². The van der Waals surface area contributed by atoms with Crippen LogP contribution in [0.25, 0.3) is 10.9 Å². The molecule has 0 spiro atoms. The first-order chi connectivity index (χ1) is 10.1. The summed E-state index contributed by atoms with van der Waals surface area (Å²) in [5.41, 5.74) is 1.75. The van der Waals surface area contributed by atoms with E-state index in [9.17, 15) is 9.18 Å². The zero-order valence-electron chi connectivity index (χ0n) is 12.8. The minimum absolute atomic E-state index is 0. The van der Waals surface area contributed by atoms with Gasteiger partial charge in [0.25, 0.3) is 5.91 Å². The first-order valence-electron chi connectivity index (χ1n) is 7.22. The summed E-state index contributed by atoms with van der Waals surface area (Å²) < 4.78 is 13.2. The Balaban J connectivity index is 0.00000132. The van der Waals surface area contributed by atoms with Crippen molar-refractivity contribution in [1.82, 2.24) is 15.6 Å². The number of aryl methyl sites for hydroxylation is 1. The Kier molecular flexibility index (Phi) is 7.19. The summed E-state index contributed by atoms with van der Waals surface area (Å²) in [5.74, 6) is -0.431. The zero-order chi connectivity index (χ0) is 14.8. The number of piperidine rings is 1. The number of hydrogen-bond acceptors (Lipinski definition) is 3. The lowest BCUT2D eigenvalue weighted by Gasteiger charge is -2.24. The van der Waals surface area contributed by atoms with E-state index in [1.807, 2.05) is 0 Å². The van der Waals surface area contributed by atoms with E-state index in [0.29, 0.717) is 16.8 Å². The normalized spacial score (nSPS) is 17.0. The van der Waals surface area contributed by atoms with Crippen molar-refractivity contribution in [1.29, 1.82) is 0 Å². The summed E-state index contributed by atoms with van der Waals surface area (Å²) in [5, 5.41) is 7.08. The third-order valence-electron chi connectivity index (χ3n) is 3.85. The van der Waals surface area contributed by atoms with Crippen molar-refractivity contribution in [3.8, 4) is 0 Å². The molecule has 1 aromatic heterocycles. The second kappa shape index (κ2) is 8.43. The highest BCUT2D eigenvalue weighted by Crippen LogP contribution is 2.18. The number of nitrogens with one attached hydrogen (secondary N) is 2. The third kappa shape index (κ3) is 4.53. The Morgan fingerprint density at radius 2 is 2.13 bits per heavy atom. The van der Waals surface area contributed by atoms with Gasteiger partial charge < -0.3 is 10.6 Å². The molecule has 3 rings (SSSR count). The van der Waals surface area contributed by atoms with Crippen molar-refractivity contribution >= 4 is 41.6 Å². The highest BCUT2D eigenvalue weighted by atomic mass is 35.5. The molecule has 1 amide bonds. The van der Waals surface area contributed by atoms with Crippen LogP contribution in [0.3, 0.4) is 0 Å². The SMILES string of the molecule is Cc1nc2cc(F)ccc2cc1C(=O)NC1CCCNC1.Cl.Cl. The molecule has 2 heterocycles. The molecule has 4 nitrogen and oxygen atoms in total. The van der Waals surface area contributed by atoms with Crippen molar-refractivity contribution < 1.29 is 9.18 Å². The Morgan fingerprint density at radius 1 is 1.35 bits per heavy atom. The van der Waals surface area contributed by atoms with E-state index in [4.69, 9.17) is 0 Å². The van der Waals surface area contributed by atoms with Crippen LogP contribution in [0.2, 0.25) is 0 Å². The number of nitrogens with zero attached hydrogens (tertiary/aromatic N) is 1. The first-order valence-corrected chi connectivity index (χ1v) is 7.22. The van der Waals surface area contributed by atoms with Gasteiger partial charge in [0, 0.05) is 24.0 Å². The van der Waals surface area contributed by atoms with Crippen molar-refractivity contribution in [3.63, 3.8) is 0 Å². The molecule has 1 aliphatic rings. The number of rotatable bonds is 2. The molecule has 126 valence electrons. The molecule has 1 unspecified atom stereocenters. The minimum Gasteiger partial charge on any atom is -0.348 e. The average Bonchev–Trinajstić information content (AvgIpc) is 2.47. The maximum absolute atomic E-state index is 13.2. The van der Waals surface area contributed by atoms with E-state index < -0.39 is 0 Å². The molecule has 2 N–H and O–H groups in total. The van der Waals surface area contributed by atoms with Crippen molar-refractivity contribution in [2.24, 2.45) is 0 Å². The smallest absolute Gasteiger partial charge is 0.253 e. The van der Waals surface area contributed by atoms with Gasteiger partial charge in [0.05, 0.1) is 16.8 Å². The van der Waals surface area contributed by atoms with E-state index in [1.165, 1.54) is 12.1 Å². The molecule has 2 aromatic rings. The van der Waals surface area contributed by atoms with Crippen LogP contribution >= 0.6 is 24.8 Å². The highest BCUT2D eigenvalue weighted by Gasteiger charge is 2.18. The Morgan fingerprint density at radius 3 is 2.83 bits per heavy atom. The third-order valence-corrected chi connectivity index (χ3v) is 3.85. The number of carbonyl (C=O) groups is 1. The molecule has 0 radical (unpaired) electrons. The number of carbonyl (C=O) groups excluding carboxylic acids is 1. The van der Waals surface area contributed by atoms with Crippen LogP contribution < -0.4 is 10.6 Å². The van der Waals surface area contributed by atoms with E-state index in [-0.39, 0.29) is 42.6 Å². The second-order valence-corrected chi connectivity index (χ2v) is 5.48. The molecule has 0 aliphatic carbocycles. The van der Waals surface area contributed by atoms with Crippen LogP contribution in [0.15, 0.2) is 24.3 Å². The van der Waals surface area contributed by atoms with Gasteiger partial charge >= 0.3 is 0 Å². The number of aromatic nitrogens is 1. The fraction of sp³-hybridized carbons (Fsp3) is 0.375. The van der Waals surface area contributed by atoms with Gasteiger partial charge in [-0.05, 0) is 44.5 Å². The molecular formula is C16H20Cl2FN3O. The zero-order valence-corrected chi connectivity index (χ0v) is 14.4. The molecule has 1 saturated heterocycles. The van der Waals surface area contributed by atoms with Gasteiger partial charge in [0.1, 0.15) is 5.82 Å². The highest BCUT2D eigenvalue weighted by molar-refractivity contribution is 5.98. The Labute approximate surface area is 147 Å². The monoisotopic (exact) mass is 359 g/mol. The van der Waals surface area contributed by atoms with Crippen LogP contribution in [0.5, 0.6) is 0 Å². The van der Waals surface area contributed by atoms with Gasteiger partial charge in [-0.15, -0.1) is 24.8 Å². The summed E-state index contributed by atoms with van der Waals surface area (Å²) in [4.78, 5) is 16.7. The maximum atomic E-state index is 13.2. The van der Waals surface area contributed by atoms with Gasteiger partial charge in [0.2, 0.25) is 0 Å². The van der Waals surface area contributed by atoms with Crippen molar-refractivity contribution in [3.05, 3.63) is 41.3 Å². The quantitative estimate of drug-likeness (QED) is 0.866. The Bertz CT molecular complexity index is 690. The summed E-state index contributed by atoms with van der Waals surface area (Å²) in [6, 6.07) is 6.36. The molecule has 7 heteroatoms. The summed E-state index contributed by atoms with van der Waals surface area (Å²) in [6.45, 7) is 3.59. The van der Waals surface area contributed by atoms with E-state index in [0.717, 1.165) is 31.3 Å². The minimum atomic E-state index is -0.320. The summed E-state index contributed by atoms with van der Waals surface area (Å²) in [7, 11) is 0. The molecular weight excluding hydrogens is 340 g/mol. The lowest BCUT2D eigenvalue weighted by Crippen LogP contribution is -2.45. The largest absolute Gasteiger partial charge is 0.348 e. The molecule has 0 saturated carbocycles. The number of pyridine rings is 1. The van der Waals surface area contributed by atoms with Crippen LogP contribution in [0.4, 0.5) is 4.39 Å². The van der Waals surface area contributed by atoms with E-state index in [2.05, 4.69) is 15.6 Å². The number of fused-ring (bicyclic) bond motifs is 1. The van der Waals surface area contributed by atoms with Gasteiger partial charge in [-0.25, -0.2) is 4.39 Å². The maximum Gasteiger partial charge on any atom is 0.253 e. The number of amides is 1. The topological polar surface area (TPSA) is 54.0 Å². The fourth-order valence-corrected chi connectivity index (χ4v) is 2.70. The van der Waals surface area contributed by atoms with Crippen LogP contribution in [-0.4, -0.2) is 30.0 Å². The molecule has 1 aliphatic heterocycles. The van der Waals surface area contributed by atoms with Crippen LogP contribution in [-0.2, 0) is 0 Å². The van der Waals surface area contributed by atoms with Gasteiger partial charge in [0.15, 0.2) is 0 Å². The molecule has 1 atom stereocenters. The lowest BCUT2D eigenvalue weighted by molar-refractivity contribution is 0.0930. The predicted molar refractivity (Wildman–Crippen MR) is 94.3 cm³/mol. The Hall–Kier alpha value is -1.43. The molecule has 1 fully saturated rings. The van der Waals surface area contributed by atoms with E-state index in [1.54, 1.807) is 19.1 Å². The number of hydrogen-bond donors (Lipinski definition) is 2. The number of halogens is 3. The molecule has 0 bridgehead atoms. The number of benzene rings is 1. The van der Waals surface area contributed by atoms with Gasteiger partial charge in [-0.2, -0.15) is 0 Å². The predicted octanol–water partition coefficient (Wildman–Crippen LogP) is 3.01. The average molecular weight is 360 g/mol. The molecule has 23 heavy (non-hydrogen) atoms. The van der Waals surface area contributed by atoms with Crippen molar-refractivity contribution in [2.45, 2.75) is 25.8 Å². The summed E-state index contributed by atoms with van der Waals surface area (Å²) in [6.07, 6.45) is 2.06. The fourth-order valence-electron chi connectivity index (χ4n) is 2.70. The standard InChI is InChI=1S/C16H18FN3O.2ClH/c1-10-14(16(21)20-13-3-2-6-18-9-13)7-11-4-5-12(17)8-15(11)19-10;;/h4-5,7-8,13,18H,2-3,6,9H2,1H3,(H,20,21);2*1H. The van der Waals surface area contributed by atoms with Crippen LogP contribution in [0.1, 0.15) is 28.9 Å². The summed E-state index contributed by atoms with van der Waals surface area (Å²) >= 11 is 0. The van der Waals surface area contributed by atoms with E-state index >= 15 is 0 Å². The lowest BCUT2D eigenvalue weighted by atomic mass is 10.1. The van der Waals surface area contributed by atoms with Crippen LogP contribution in [0, 0.1) is 12.7 Å². The first kappa shape index (κ1) is 19.6. The second-order valence-electron chi connectivity index (χ2n) is 5.48. The molecule has 1 aromatic carbocycles. The van der Waals surface area contributed by atoms with Gasteiger partial charge in [-0.3, -0.25) is 9.78 Å².